The van der Waals surface area contributed by atoms with Gasteiger partial charge in [-0.1, -0.05) is 18.2 Å². The SMILES string of the molecule is COC(=O)c1cc(C(=O)Nc2ccccc2)n(-c2ccc(F)cc2)n1. The molecule has 0 unspecified atom stereocenters. The first-order valence-corrected chi connectivity index (χ1v) is 7.39. The van der Waals surface area contributed by atoms with E-state index in [4.69, 9.17) is 0 Å². The summed E-state index contributed by atoms with van der Waals surface area (Å²) in [4.78, 5) is 24.4. The highest BCUT2D eigenvalue weighted by atomic mass is 19.1. The lowest BCUT2D eigenvalue weighted by molar-refractivity contribution is 0.0593. The normalized spacial score (nSPS) is 10.3. The summed E-state index contributed by atoms with van der Waals surface area (Å²) in [5.41, 5.74) is 1.13. The van der Waals surface area contributed by atoms with Crippen molar-refractivity contribution < 1.29 is 18.7 Å². The van der Waals surface area contributed by atoms with Crippen LogP contribution in [0, 0.1) is 5.82 Å². The van der Waals surface area contributed by atoms with Crippen molar-refractivity contribution in [2.45, 2.75) is 0 Å². The van der Waals surface area contributed by atoms with Gasteiger partial charge in [-0.3, -0.25) is 4.79 Å². The third-order valence-corrected chi connectivity index (χ3v) is 3.44. The van der Waals surface area contributed by atoms with E-state index in [1.165, 1.54) is 42.1 Å². The van der Waals surface area contributed by atoms with Crippen LogP contribution in [0.4, 0.5) is 10.1 Å². The summed E-state index contributed by atoms with van der Waals surface area (Å²) in [5.74, 6) is -1.55. The molecule has 3 rings (SSSR count). The number of rotatable bonds is 4. The predicted octanol–water partition coefficient (Wildman–Crippen LogP) is 3.05. The molecule has 1 aromatic heterocycles. The van der Waals surface area contributed by atoms with Gasteiger partial charge < -0.3 is 10.1 Å². The Balaban J connectivity index is 2.01. The molecule has 0 radical (unpaired) electrons. The van der Waals surface area contributed by atoms with Crippen LogP contribution in [0.2, 0.25) is 0 Å². The van der Waals surface area contributed by atoms with Crippen molar-refractivity contribution >= 4 is 17.6 Å². The van der Waals surface area contributed by atoms with Crippen LogP contribution in [0.25, 0.3) is 5.69 Å². The molecule has 0 aliphatic rings. The topological polar surface area (TPSA) is 73.2 Å². The Morgan fingerprint density at radius 1 is 1.08 bits per heavy atom. The fourth-order valence-corrected chi connectivity index (χ4v) is 2.24. The van der Waals surface area contributed by atoms with Crippen molar-refractivity contribution in [3.63, 3.8) is 0 Å². The van der Waals surface area contributed by atoms with Crippen molar-refractivity contribution in [3.05, 3.63) is 77.9 Å². The number of carbonyl (C=O) groups is 2. The Kier molecular flexibility index (Phi) is 4.56. The van der Waals surface area contributed by atoms with Crippen LogP contribution in [-0.4, -0.2) is 28.8 Å². The summed E-state index contributed by atoms with van der Waals surface area (Å²) in [6.45, 7) is 0. The number of benzene rings is 2. The molecule has 0 saturated carbocycles. The summed E-state index contributed by atoms with van der Waals surface area (Å²) < 4.78 is 19.1. The number of esters is 1. The van der Waals surface area contributed by atoms with E-state index in [-0.39, 0.29) is 11.4 Å². The maximum Gasteiger partial charge on any atom is 0.358 e. The maximum absolute atomic E-state index is 13.2. The quantitative estimate of drug-likeness (QED) is 0.742. The fourth-order valence-electron chi connectivity index (χ4n) is 2.24. The van der Waals surface area contributed by atoms with E-state index < -0.39 is 17.7 Å². The molecule has 1 N–H and O–H groups in total. The molecule has 0 aliphatic carbocycles. The minimum Gasteiger partial charge on any atom is -0.464 e. The highest BCUT2D eigenvalue weighted by Gasteiger charge is 2.21. The van der Waals surface area contributed by atoms with Crippen molar-refractivity contribution in [2.24, 2.45) is 0 Å². The first kappa shape index (κ1) is 16.4. The summed E-state index contributed by atoms with van der Waals surface area (Å²) in [5, 5.41) is 6.83. The van der Waals surface area contributed by atoms with Crippen molar-refractivity contribution in [3.8, 4) is 5.69 Å². The van der Waals surface area contributed by atoms with E-state index in [9.17, 15) is 14.0 Å². The first-order valence-electron chi connectivity index (χ1n) is 7.39. The minimum absolute atomic E-state index is 0.0231. The Labute approximate surface area is 142 Å². The van der Waals surface area contributed by atoms with Crippen LogP contribution < -0.4 is 5.32 Å². The summed E-state index contributed by atoms with van der Waals surface area (Å²) in [6.07, 6.45) is 0. The summed E-state index contributed by atoms with van der Waals surface area (Å²) in [6, 6.07) is 15.6. The average Bonchev–Trinajstić information content (AvgIpc) is 3.08. The molecular weight excluding hydrogens is 325 g/mol. The van der Waals surface area contributed by atoms with Crippen LogP contribution in [-0.2, 0) is 4.74 Å². The molecule has 126 valence electrons. The lowest BCUT2D eigenvalue weighted by Crippen LogP contribution is -2.16. The first-order chi connectivity index (χ1) is 12.1. The molecule has 7 heteroatoms. The highest BCUT2D eigenvalue weighted by Crippen LogP contribution is 2.16. The van der Waals surface area contributed by atoms with Gasteiger partial charge in [-0.25, -0.2) is 13.9 Å². The smallest absolute Gasteiger partial charge is 0.358 e. The number of nitrogens with one attached hydrogen (secondary N) is 1. The lowest BCUT2D eigenvalue weighted by atomic mass is 10.2. The van der Waals surface area contributed by atoms with Gasteiger partial charge in [-0.15, -0.1) is 0 Å². The van der Waals surface area contributed by atoms with Crippen LogP contribution in [0.3, 0.4) is 0 Å². The molecule has 0 aliphatic heterocycles. The van der Waals surface area contributed by atoms with Crippen molar-refractivity contribution in [1.29, 1.82) is 0 Å². The van der Waals surface area contributed by atoms with Gasteiger partial charge in [0, 0.05) is 11.8 Å². The molecule has 25 heavy (non-hydrogen) atoms. The van der Waals surface area contributed by atoms with Crippen molar-refractivity contribution in [1.82, 2.24) is 9.78 Å². The number of amides is 1. The van der Waals surface area contributed by atoms with E-state index in [1.54, 1.807) is 24.3 Å². The molecule has 0 saturated heterocycles. The van der Waals surface area contributed by atoms with Gasteiger partial charge in [0.15, 0.2) is 5.69 Å². The van der Waals surface area contributed by atoms with Crippen LogP contribution in [0.1, 0.15) is 21.0 Å². The molecular formula is C18H14FN3O3. The Hall–Kier alpha value is -3.48. The van der Waals surface area contributed by atoms with Gasteiger partial charge in [0.05, 0.1) is 12.8 Å². The monoisotopic (exact) mass is 339 g/mol. The molecule has 0 spiro atoms. The Morgan fingerprint density at radius 2 is 1.76 bits per heavy atom. The molecule has 0 fully saturated rings. The van der Waals surface area contributed by atoms with E-state index in [0.717, 1.165) is 0 Å². The third kappa shape index (κ3) is 3.55. The molecule has 2 aromatic carbocycles. The van der Waals surface area contributed by atoms with E-state index in [1.807, 2.05) is 6.07 Å². The fraction of sp³-hybridized carbons (Fsp3) is 0.0556. The lowest BCUT2D eigenvalue weighted by Gasteiger charge is -2.08. The van der Waals surface area contributed by atoms with Crippen LogP contribution >= 0.6 is 0 Å². The number of hydrogen-bond donors (Lipinski definition) is 1. The van der Waals surface area contributed by atoms with Gasteiger partial charge in [0.2, 0.25) is 0 Å². The molecule has 0 atom stereocenters. The number of anilines is 1. The maximum atomic E-state index is 13.2. The number of para-hydroxylation sites is 1. The number of halogens is 1. The molecule has 0 bridgehead atoms. The largest absolute Gasteiger partial charge is 0.464 e. The third-order valence-electron chi connectivity index (χ3n) is 3.44. The second-order valence-corrected chi connectivity index (χ2v) is 5.11. The van der Waals surface area contributed by atoms with Crippen LogP contribution in [0.15, 0.2) is 60.7 Å². The van der Waals surface area contributed by atoms with Crippen molar-refractivity contribution in [2.75, 3.05) is 12.4 Å². The molecule has 1 heterocycles. The molecule has 3 aromatic rings. The highest BCUT2D eigenvalue weighted by molar-refractivity contribution is 6.04. The average molecular weight is 339 g/mol. The number of nitrogens with zero attached hydrogens (tertiary/aromatic N) is 2. The van der Waals surface area contributed by atoms with Crippen LogP contribution in [0.5, 0.6) is 0 Å². The second-order valence-electron chi connectivity index (χ2n) is 5.11. The van der Waals surface area contributed by atoms with Gasteiger partial charge in [-0.05, 0) is 36.4 Å². The minimum atomic E-state index is -0.672. The van der Waals surface area contributed by atoms with E-state index in [0.29, 0.717) is 11.4 Å². The standard InChI is InChI=1S/C18H14FN3O3/c1-25-18(24)15-11-16(17(23)20-13-5-3-2-4-6-13)22(21-15)14-9-7-12(19)8-10-14/h2-11H,1H3,(H,20,23). The zero-order valence-electron chi connectivity index (χ0n) is 13.3. The van der Waals surface area contributed by atoms with Gasteiger partial charge >= 0.3 is 5.97 Å². The van der Waals surface area contributed by atoms with E-state index >= 15 is 0 Å². The Bertz CT molecular complexity index is 905. The molecule has 6 nitrogen and oxygen atoms in total. The summed E-state index contributed by atoms with van der Waals surface area (Å²) in [7, 11) is 1.23. The predicted molar refractivity (Wildman–Crippen MR) is 89.3 cm³/mol. The zero-order chi connectivity index (χ0) is 17.8. The number of methoxy groups -OCH3 is 1. The molecule has 1 amide bonds. The second kappa shape index (κ2) is 6.96. The summed E-state index contributed by atoms with van der Waals surface area (Å²) >= 11 is 0. The zero-order valence-corrected chi connectivity index (χ0v) is 13.3. The number of carbonyl (C=O) groups excluding carboxylic acids is 2. The number of aromatic nitrogens is 2. The number of ether oxygens (including phenoxy) is 1. The number of hydrogen-bond acceptors (Lipinski definition) is 4. The Morgan fingerprint density at radius 3 is 2.40 bits per heavy atom. The van der Waals surface area contributed by atoms with E-state index in [2.05, 4.69) is 15.2 Å². The van der Waals surface area contributed by atoms with Gasteiger partial charge in [0.1, 0.15) is 11.5 Å². The van der Waals surface area contributed by atoms with Gasteiger partial charge in [-0.2, -0.15) is 5.10 Å². The van der Waals surface area contributed by atoms with Gasteiger partial charge in [0.25, 0.3) is 5.91 Å².